The first kappa shape index (κ1) is 31.4. The van der Waals surface area contributed by atoms with E-state index >= 15 is 0 Å². The number of aliphatic hydroxyl groups is 4. The molecule has 232 valence electrons. The molecule has 0 radical (unpaired) electrons. The van der Waals surface area contributed by atoms with Gasteiger partial charge in [-0.25, -0.2) is 0 Å². The molecule has 0 amide bonds. The fourth-order valence-electron chi connectivity index (χ4n) is 10.1. The molecule has 4 fully saturated rings. The average molecular weight is 573 g/mol. The molecule has 0 bridgehead atoms. The lowest BCUT2D eigenvalue weighted by molar-refractivity contribution is -0.313. The second kappa shape index (κ2) is 12.2. The molecule has 4 N–H and O–H groups in total. The molecule has 5 aliphatic rings. The summed E-state index contributed by atoms with van der Waals surface area (Å²) in [6.07, 6.45) is 11.5. The molecule has 1 heterocycles. The van der Waals surface area contributed by atoms with E-state index < -0.39 is 37.3 Å². The van der Waals surface area contributed by atoms with Crippen LogP contribution in [-0.2, 0) is 9.47 Å². The zero-order chi connectivity index (χ0) is 29.7. The molecule has 0 aromatic heterocycles. The highest BCUT2D eigenvalue weighted by Crippen LogP contribution is 2.67. The smallest absolute Gasteiger partial charge is 0.186 e. The summed E-state index contributed by atoms with van der Waals surface area (Å²) < 4.78 is 11.9. The lowest BCUT2D eigenvalue weighted by atomic mass is 9.47. The molecule has 41 heavy (non-hydrogen) atoms. The number of rotatable bonds is 8. The van der Waals surface area contributed by atoms with Gasteiger partial charge < -0.3 is 29.9 Å². The van der Waals surface area contributed by atoms with Crippen LogP contribution in [0.5, 0.6) is 0 Å². The maximum absolute atomic E-state index is 10.5. The van der Waals surface area contributed by atoms with Crippen molar-refractivity contribution in [1.29, 1.82) is 0 Å². The van der Waals surface area contributed by atoms with Gasteiger partial charge in [0.2, 0.25) is 0 Å². The van der Waals surface area contributed by atoms with Crippen LogP contribution in [0, 0.1) is 46.3 Å². The maximum atomic E-state index is 10.5. The van der Waals surface area contributed by atoms with Crippen molar-refractivity contribution < 1.29 is 29.9 Å². The monoisotopic (exact) mass is 572 g/mol. The second-order valence-electron chi connectivity index (χ2n) is 14.8. The first-order valence-corrected chi connectivity index (χ1v) is 16.4. The Hall–Kier alpha value is -1.02. The summed E-state index contributed by atoms with van der Waals surface area (Å²) in [5.41, 5.74) is 3.33. The predicted octanol–water partition coefficient (Wildman–Crippen LogP) is 5.55. The summed E-state index contributed by atoms with van der Waals surface area (Å²) in [6.45, 7) is 15.7. The van der Waals surface area contributed by atoms with Gasteiger partial charge in [-0.1, -0.05) is 63.6 Å². The van der Waals surface area contributed by atoms with Crippen LogP contribution in [0.25, 0.3) is 0 Å². The quantitative estimate of drug-likeness (QED) is 0.285. The van der Waals surface area contributed by atoms with Crippen molar-refractivity contribution >= 4 is 0 Å². The molecule has 0 aromatic carbocycles. The van der Waals surface area contributed by atoms with Crippen molar-refractivity contribution in [2.45, 2.75) is 129 Å². The number of hydrogen-bond donors (Lipinski definition) is 4. The Morgan fingerprint density at radius 1 is 1.07 bits per heavy atom. The van der Waals surface area contributed by atoms with Crippen LogP contribution in [-0.4, -0.2) is 63.8 Å². The third-order valence-corrected chi connectivity index (χ3v) is 12.7. The largest absolute Gasteiger partial charge is 0.394 e. The number of aliphatic hydroxyl groups excluding tert-OH is 4. The van der Waals surface area contributed by atoms with Gasteiger partial charge in [0.25, 0.3) is 0 Å². The molecule has 1 saturated heterocycles. The molecule has 1 unspecified atom stereocenters. The minimum atomic E-state index is -1.40. The summed E-state index contributed by atoms with van der Waals surface area (Å²) in [5, 5.41) is 40.4. The first-order valence-electron chi connectivity index (χ1n) is 16.4. The van der Waals surface area contributed by atoms with Crippen molar-refractivity contribution in [3.8, 4) is 0 Å². The zero-order valence-electron chi connectivity index (χ0n) is 26.0. The lowest BCUT2D eigenvalue weighted by Crippen LogP contribution is -2.60. The van der Waals surface area contributed by atoms with Gasteiger partial charge >= 0.3 is 0 Å². The van der Waals surface area contributed by atoms with Crippen molar-refractivity contribution in [2.24, 2.45) is 46.3 Å². The molecule has 6 heteroatoms. The number of hydrogen-bond acceptors (Lipinski definition) is 6. The van der Waals surface area contributed by atoms with Gasteiger partial charge in [-0.05, 0) is 111 Å². The SMILES string of the molecule is C=C(C)[C@@H](C=C[C@@H](C)[C@H]1CC[C@H]2[C@@H]3CC=C4CC(O[C@@H]5O[C@H](CO)[C@H](O)[C@H](O)[C@H]5O)CC[C@]4(C)[C@H]3CC[C@]12C)CC. The van der Waals surface area contributed by atoms with Crippen molar-refractivity contribution in [1.82, 2.24) is 0 Å². The van der Waals surface area contributed by atoms with Gasteiger partial charge in [0.1, 0.15) is 24.4 Å². The van der Waals surface area contributed by atoms with Gasteiger partial charge in [-0.15, -0.1) is 0 Å². The number of ether oxygens (including phenoxy) is 2. The van der Waals surface area contributed by atoms with Crippen molar-refractivity contribution in [3.63, 3.8) is 0 Å². The van der Waals surface area contributed by atoms with Gasteiger partial charge in [0, 0.05) is 0 Å². The highest BCUT2D eigenvalue weighted by molar-refractivity contribution is 5.26. The first-order chi connectivity index (χ1) is 19.4. The molecule has 5 rings (SSSR count). The van der Waals surface area contributed by atoms with E-state index in [-0.39, 0.29) is 11.5 Å². The summed E-state index contributed by atoms with van der Waals surface area (Å²) >= 11 is 0. The van der Waals surface area contributed by atoms with Crippen LogP contribution in [0.15, 0.2) is 36.0 Å². The molecular formula is C35H56O6. The van der Waals surface area contributed by atoms with E-state index in [9.17, 15) is 20.4 Å². The van der Waals surface area contributed by atoms with Crippen LogP contribution in [0.3, 0.4) is 0 Å². The Bertz CT molecular complexity index is 1000. The Balaban J connectivity index is 1.26. The molecule has 14 atom stereocenters. The van der Waals surface area contributed by atoms with Crippen molar-refractivity contribution in [3.05, 3.63) is 36.0 Å². The maximum Gasteiger partial charge on any atom is 0.186 e. The molecule has 0 aromatic rings. The molecule has 3 saturated carbocycles. The van der Waals surface area contributed by atoms with E-state index in [1.54, 1.807) is 0 Å². The fourth-order valence-corrected chi connectivity index (χ4v) is 10.1. The molecule has 6 nitrogen and oxygen atoms in total. The highest BCUT2D eigenvalue weighted by atomic mass is 16.7. The third-order valence-electron chi connectivity index (χ3n) is 12.7. The van der Waals surface area contributed by atoms with Crippen LogP contribution in [0.1, 0.15) is 92.4 Å². The Morgan fingerprint density at radius 3 is 2.51 bits per heavy atom. The van der Waals surface area contributed by atoms with E-state index in [2.05, 4.69) is 59.4 Å². The standard InChI is InChI=1S/C35H56O6/c1-7-22(20(2)3)9-8-21(4)26-12-13-27-25-11-10-23-18-24(14-16-34(23,5)28(25)15-17-35(26,27)6)40-33-32(39)31(38)30(37)29(19-36)41-33/h8-10,21-22,24-33,36-39H,2,7,11-19H2,1,3-6H3/t21-,22-,24?,25+,26-,27+,28+,29-,30+,31+,32-,33-,34+,35-/m1/s1. The molecule has 4 aliphatic carbocycles. The van der Waals surface area contributed by atoms with E-state index in [1.165, 1.54) is 36.8 Å². The topological polar surface area (TPSA) is 99.4 Å². The third kappa shape index (κ3) is 5.55. The zero-order valence-corrected chi connectivity index (χ0v) is 26.0. The van der Waals surface area contributed by atoms with E-state index in [0.717, 1.165) is 49.9 Å². The fraction of sp³-hybridized carbons (Fsp3) is 0.829. The molecule has 0 spiro atoms. The molecular weight excluding hydrogens is 516 g/mol. The summed E-state index contributed by atoms with van der Waals surface area (Å²) in [6, 6.07) is 0. The Kier molecular flexibility index (Phi) is 9.32. The second-order valence-corrected chi connectivity index (χ2v) is 14.8. The van der Waals surface area contributed by atoms with Crippen LogP contribution in [0.4, 0.5) is 0 Å². The summed E-state index contributed by atoms with van der Waals surface area (Å²) in [7, 11) is 0. The minimum Gasteiger partial charge on any atom is -0.394 e. The Labute approximate surface area is 247 Å². The van der Waals surface area contributed by atoms with Gasteiger partial charge in [-0.2, -0.15) is 0 Å². The molecule has 1 aliphatic heterocycles. The minimum absolute atomic E-state index is 0.115. The number of allylic oxidation sites excluding steroid dienone is 4. The van der Waals surface area contributed by atoms with Gasteiger partial charge in [0.15, 0.2) is 6.29 Å². The average Bonchev–Trinajstić information content (AvgIpc) is 3.30. The number of fused-ring (bicyclic) bond motifs is 5. The van der Waals surface area contributed by atoms with E-state index in [1.807, 2.05) is 0 Å². The summed E-state index contributed by atoms with van der Waals surface area (Å²) in [5.74, 6) is 4.04. The van der Waals surface area contributed by atoms with Crippen molar-refractivity contribution in [2.75, 3.05) is 6.61 Å². The Morgan fingerprint density at radius 2 is 1.83 bits per heavy atom. The van der Waals surface area contributed by atoms with Crippen LogP contribution in [0.2, 0.25) is 0 Å². The van der Waals surface area contributed by atoms with Gasteiger partial charge in [0.05, 0.1) is 12.7 Å². The van der Waals surface area contributed by atoms with Gasteiger partial charge in [-0.3, -0.25) is 0 Å². The normalized spacial score (nSPS) is 47.7. The van der Waals surface area contributed by atoms with E-state index in [4.69, 9.17) is 9.47 Å². The van der Waals surface area contributed by atoms with Crippen LogP contribution >= 0.6 is 0 Å². The highest BCUT2D eigenvalue weighted by Gasteiger charge is 2.59. The van der Waals surface area contributed by atoms with E-state index in [0.29, 0.717) is 23.2 Å². The lowest BCUT2D eigenvalue weighted by Gasteiger charge is -2.58. The predicted molar refractivity (Wildman–Crippen MR) is 161 cm³/mol. The summed E-state index contributed by atoms with van der Waals surface area (Å²) in [4.78, 5) is 0. The van der Waals surface area contributed by atoms with Crippen LogP contribution < -0.4 is 0 Å².